The van der Waals surface area contributed by atoms with Crippen LogP contribution in [0.15, 0.2) is 29.5 Å². The Morgan fingerprint density at radius 3 is 2.80 bits per heavy atom. The molecule has 9 nitrogen and oxygen atoms in total. The molecule has 0 amide bonds. The number of carbonyl (C=O) groups excluding carboxylic acids is 1. The van der Waals surface area contributed by atoms with Gasteiger partial charge < -0.3 is 19.5 Å². The molecule has 0 radical (unpaired) electrons. The molecule has 3 rings (SSSR count). The topological polar surface area (TPSA) is 100 Å². The number of ether oxygens (including phenoxy) is 3. The molecular formula is C16H19N5O4. The summed E-state index contributed by atoms with van der Waals surface area (Å²) in [7, 11) is 3.10. The first kappa shape index (κ1) is 16.7. The average molecular weight is 345 g/mol. The number of aromatic nitrogens is 4. The molecule has 132 valence electrons. The minimum absolute atomic E-state index is 0.264. The number of esters is 1. The molecule has 25 heavy (non-hydrogen) atoms. The highest BCUT2D eigenvalue weighted by atomic mass is 16.5. The highest BCUT2D eigenvalue weighted by molar-refractivity contribution is 5.92. The Labute approximate surface area is 144 Å². The van der Waals surface area contributed by atoms with Gasteiger partial charge in [0.2, 0.25) is 5.95 Å². The van der Waals surface area contributed by atoms with Crippen LogP contribution in [0.5, 0.6) is 11.5 Å². The first-order chi connectivity index (χ1) is 12.1. The van der Waals surface area contributed by atoms with Crippen molar-refractivity contribution in [3.05, 3.63) is 35.0 Å². The molecular weight excluding hydrogens is 326 g/mol. The molecule has 2 aromatic rings. The molecule has 1 aromatic heterocycles. The van der Waals surface area contributed by atoms with Gasteiger partial charge in [-0.15, -0.1) is 0 Å². The highest BCUT2D eigenvalue weighted by Gasteiger charge is 2.37. The van der Waals surface area contributed by atoms with E-state index in [1.165, 1.54) is 4.68 Å². The van der Waals surface area contributed by atoms with Gasteiger partial charge in [-0.1, -0.05) is 17.2 Å². The number of benzene rings is 1. The third-order valence-electron chi connectivity index (χ3n) is 3.94. The Hall–Kier alpha value is -3.10. The fourth-order valence-corrected chi connectivity index (χ4v) is 2.90. The van der Waals surface area contributed by atoms with Gasteiger partial charge in [-0.2, -0.15) is 4.68 Å². The monoisotopic (exact) mass is 345 g/mol. The summed E-state index contributed by atoms with van der Waals surface area (Å²) in [5.74, 6) is 1.05. The number of para-hydroxylation sites is 1. The number of carbonyl (C=O) groups is 1. The van der Waals surface area contributed by atoms with Crippen molar-refractivity contribution in [2.75, 3.05) is 26.1 Å². The number of fused-ring (bicyclic) bond motifs is 1. The summed E-state index contributed by atoms with van der Waals surface area (Å²) in [6.07, 6.45) is 0. The molecule has 0 spiro atoms. The maximum atomic E-state index is 12.6. The Bertz CT molecular complexity index is 830. The van der Waals surface area contributed by atoms with Crippen molar-refractivity contribution in [1.29, 1.82) is 0 Å². The summed E-state index contributed by atoms with van der Waals surface area (Å²) in [5.41, 5.74) is 1.73. The molecule has 1 N–H and O–H groups in total. The van der Waals surface area contributed by atoms with Gasteiger partial charge in [-0.25, -0.2) is 4.79 Å². The van der Waals surface area contributed by atoms with Gasteiger partial charge in [-0.05, 0) is 30.3 Å². The third-order valence-corrected chi connectivity index (χ3v) is 3.94. The average Bonchev–Trinajstić information content (AvgIpc) is 3.07. The number of nitrogens with one attached hydrogen (secondary N) is 1. The number of nitrogens with zero attached hydrogens (tertiary/aromatic N) is 4. The van der Waals surface area contributed by atoms with E-state index >= 15 is 0 Å². The first-order valence-electron chi connectivity index (χ1n) is 7.76. The maximum absolute atomic E-state index is 12.6. The molecule has 0 aliphatic carbocycles. The molecule has 0 bridgehead atoms. The van der Waals surface area contributed by atoms with E-state index in [1.807, 2.05) is 12.1 Å². The van der Waals surface area contributed by atoms with Gasteiger partial charge in [0.15, 0.2) is 11.5 Å². The van der Waals surface area contributed by atoms with E-state index in [0.717, 1.165) is 0 Å². The van der Waals surface area contributed by atoms with Crippen molar-refractivity contribution in [3.63, 3.8) is 0 Å². The summed E-state index contributed by atoms with van der Waals surface area (Å²) >= 11 is 0. The van der Waals surface area contributed by atoms with Crippen LogP contribution in [0.3, 0.4) is 0 Å². The molecule has 0 fully saturated rings. The van der Waals surface area contributed by atoms with Crippen LogP contribution in [-0.4, -0.2) is 47.0 Å². The molecule has 1 atom stereocenters. The minimum Gasteiger partial charge on any atom is -0.493 e. The Morgan fingerprint density at radius 1 is 1.32 bits per heavy atom. The summed E-state index contributed by atoms with van der Waals surface area (Å²) in [6, 6.07) is 4.84. The Balaban J connectivity index is 2.22. The van der Waals surface area contributed by atoms with Crippen molar-refractivity contribution in [2.24, 2.45) is 0 Å². The second kappa shape index (κ2) is 6.80. The smallest absolute Gasteiger partial charge is 0.338 e. The molecule has 1 aliphatic heterocycles. The van der Waals surface area contributed by atoms with Crippen LogP contribution in [0.2, 0.25) is 0 Å². The van der Waals surface area contributed by atoms with Crippen LogP contribution in [0.1, 0.15) is 25.5 Å². The lowest BCUT2D eigenvalue weighted by atomic mass is 9.94. The second-order valence-electron chi connectivity index (χ2n) is 5.32. The number of rotatable bonds is 5. The number of allylic oxidation sites excluding steroid dienone is 1. The number of tetrazole rings is 1. The van der Waals surface area contributed by atoms with Crippen LogP contribution in [0, 0.1) is 0 Å². The fourth-order valence-electron chi connectivity index (χ4n) is 2.90. The minimum atomic E-state index is -0.602. The summed E-state index contributed by atoms with van der Waals surface area (Å²) in [6.45, 7) is 3.80. The quantitative estimate of drug-likeness (QED) is 0.815. The summed E-state index contributed by atoms with van der Waals surface area (Å²) in [4.78, 5) is 12.6. The lowest BCUT2D eigenvalue weighted by molar-refractivity contribution is -0.139. The van der Waals surface area contributed by atoms with E-state index in [9.17, 15) is 4.79 Å². The predicted molar refractivity (Wildman–Crippen MR) is 88.5 cm³/mol. The van der Waals surface area contributed by atoms with E-state index in [0.29, 0.717) is 34.3 Å². The van der Waals surface area contributed by atoms with Crippen LogP contribution in [0.25, 0.3) is 0 Å². The van der Waals surface area contributed by atoms with Crippen molar-refractivity contribution in [3.8, 4) is 11.5 Å². The summed E-state index contributed by atoms with van der Waals surface area (Å²) in [5, 5.41) is 14.7. The van der Waals surface area contributed by atoms with Gasteiger partial charge in [-0.3, -0.25) is 0 Å². The molecule has 0 saturated heterocycles. The van der Waals surface area contributed by atoms with Crippen molar-refractivity contribution >= 4 is 11.9 Å². The third kappa shape index (κ3) is 2.77. The van der Waals surface area contributed by atoms with Gasteiger partial charge in [0.1, 0.15) is 6.04 Å². The molecule has 2 heterocycles. The van der Waals surface area contributed by atoms with E-state index < -0.39 is 12.0 Å². The normalized spacial score (nSPS) is 16.1. The molecule has 0 saturated carbocycles. The number of anilines is 1. The Morgan fingerprint density at radius 2 is 2.12 bits per heavy atom. The van der Waals surface area contributed by atoms with E-state index in [4.69, 9.17) is 14.2 Å². The molecule has 1 aromatic carbocycles. The van der Waals surface area contributed by atoms with Crippen LogP contribution >= 0.6 is 0 Å². The fraction of sp³-hybridized carbons (Fsp3) is 0.375. The van der Waals surface area contributed by atoms with Crippen LogP contribution in [0.4, 0.5) is 5.95 Å². The van der Waals surface area contributed by atoms with Gasteiger partial charge in [0, 0.05) is 11.3 Å². The van der Waals surface area contributed by atoms with Crippen LogP contribution in [-0.2, 0) is 9.53 Å². The van der Waals surface area contributed by atoms with Gasteiger partial charge in [0.05, 0.1) is 26.4 Å². The largest absolute Gasteiger partial charge is 0.493 e. The van der Waals surface area contributed by atoms with E-state index in [1.54, 1.807) is 34.1 Å². The van der Waals surface area contributed by atoms with Crippen molar-refractivity contribution in [2.45, 2.75) is 19.9 Å². The standard InChI is InChI=1S/C16H19N5O4/c1-5-25-15(22)12-9(2)17-16-18-19-20-21(16)13(12)10-7-6-8-11(23-3)14(10)24-4/h6-8,13H,5H2,1-4H3,(H,17,18,20)/t13-/m1/s1. The lowest BCUT2D eigenvalue weighted by Gasteiger charge is -2.28. The zero-order chi connectivity index (χ0) is 18.0. The van der Waals surface area contributed by atoms with Crippen molar-refractivity contribution < 1.29 is 19.0 Å². The number of methoxy groups -OCH3 is 2. The molecule has 9 heteroatoms. The van der Waals surface area contributed by atoms with Crippen molar-refractivity contribution in [1.82, 2.24) is 20.2 Å². The molecule has 1 aliphatic rings. The second-order valence-corrected chi connectivity index (χ2v) is 5.32. The number of hydrogen-bond acceptors (Lipinski definition) is 8. The maximum Gasteiger partial charge on any atom is 0.338 e. The lowest BCUT2D eigenvalue weighted by Crippen LogP contribution is -2.30. The van der Waals surface area contributed by atoms with Crippen LogP contribution < -0.4 is 14.8 Å². The number of hydrogen-bond donors (Lipinski definition) is 1. The zero-order valence-corrected chi connectivity index (χ0v) is 14.4. The van der Waals surface area contributed by atoms with Gasteiger partial charge >= 0.3 is 5.97 Å². The van der Waals surface area contributed by atoms with E-state index in [-0.39, 0.29) is 6.61 Å². The highest BCUT2D eigenvalue weighted by Crippen LogP contribution is 2.42. The van der Waals surface area contributed by atoms with E-state index in [2.05, 4.69) is 20.8 Å². The first-order valence-corrected chi connectivity index (χ1v) is 7.76. The SMILES string of the molecule is CCOC(=O)C1=C(C)Nc2nnnn2[C@@H]1c1cccc(OC)c1OC. The Kier molecular flexibility index (Phi) is 4.55. The predicted octanol–water partition coefficient (Wildman–Crippen LogP) is 1.54. The zero-order valence-electron chi connectivity index (χ0n) is 14.4. The van der Waals surface area contributed by atoms with Gasteiger partial charge in [0.25, 0.3) is 0 Å². The molecule has 0 unspecified atom stereocenters. The summed E-state index contributed by atoms with van der Waals surface area (Å²) < 4.78 is 17.7.